The van der Waals surface area contributed by atoms with Crippen molar-refractivity contribution in [2.75, 3.05) is 12.3 Å². The average molecular weight is 839 g/mol. The quantitative estimate of drug-likeness (QED) is 0.0665. The Morgan fingerprint density at radius 1 is 0.647 bits per heavy atom. The number of rotatable bonds is 10. The molecule has 1 saturated carbocycles. The zero-order valence-electron chi connectivity index (χ0n) is 28.1. The van der Waals surface area contributed by atoms with E-state index in [-0.39, 0.29) is 35.3 Å². The van der Waals surface area contributed by atoms with Crippen LogP contribution in [0.5, 0.6) is 0 Å². The summed E-state index contributed by atoms with van der Waals surface area (Å²) in [5.41, 5.74) is -5.53. The molecule has 1 heterocycles. The molecular formula is C39H42F3N2O3P2RuS+2. The Kier molecular flexibility index (Phi) is 21.3. The molecule has 269 valence electrons. The Hall–Kier alpha value is -2.73. The molecule has 0 bridgehead atoms. The van der Waals surface area contributed by atoms with E-state index in [2.05, 4.69) is 138 Å². The van der Waals surface area contributed by atoms with Gasteiger partial charge in [0.1, 0.15) is 0 Å². The molecule has 1 aliphatic carbocycles. The topological polar surface area (TPSA) is 72.2 Å². The number of nitrogens with zero attached hydrogens (tertiary/aromatic N) is 2. The Labute approximate surface area is 317 Å². The van der Waals surface area contributed by atoms with Crippen molar-refractivity contribution >= 4 is 47.2 Å². The molecule has 0 amide bonds. The minimum atomic E-state index is -5.84. The summed E-state index contributed by atoms with van der Waals surface area (Å²) in [6.45, 7) is 3.30. The van der Waals surface area contributed by atoms with Gasteiger partial charge in [-0.3, -0.25) is 4.55 Å². The molecule has 0 atom stereocenters. The molecular weight excluding hydrogens is 797 g/mol. The van der Waals surface area contributed by atoms with Crippen molar-refractivity contribution in [3.8, 4) is 0 Å². The smallest absolute Gasteiger partial charge is 0.337 e. The summed E-state index contributed by atoms with van der Waals surface area (Å²) < 4.78 is 59.6. The maximum atomic E-state index is 10.7. The van der Waals surface area contributed by atoms with E-state index in [0.29, 0.717) is 0 Å². The fraction of sp³-hybridized carbons (Fsp3) is 0.179. The minimum Gasteiger partial charge on any atom is -0.337 e. The van der Waals surface area contributed by atoms with Gasteiger partial charge >= 0.3 is 35.1 Å². The SMILES string of the molecule is CCCCn1ccnc1.O=S(=O)(O)C(F)(F)F.[CH]1[CH][CH][CH][CH]1.[Ru+2].c1ccc(P(CCP(c2ccccc2)c2ccccc2)c2ccccc2)cc1. The summed E-state index contributed by atoms with van der Waals surface area (Å²) in [7, 11) is -6.54. The molecule has 1 aromatic heterocycles. The Balaban J connectivity index is 0.000000318. The number of unbranched alkanes of at least 4 members (excludes halogenated alkanes) is 1. The van der Waals surface area contributed by atoms with Crippen LogP contribution in [0.2, 0.25) is 0 Å². The van der Waals surface area contributed by atoms with Gasteiger partial charge in [-0.1, -0.05) is 135 Å². The molecule has 0 aliphatic heterocycles. The zero-order chi connectivity index (χ0) is 36.1. The van der Waals surface area contributed by atoms with Crippen LogP contribution in [0, 0.1) is 32.1 Å². The van der Waals surface area contributed by atoms with E-state index >= 15 is 0 Å². The van der Waals surface area contributed by atoms with Crippen molar-refractivity contribution in [1.82, 2.24) is 9.55 Å². The van der Waals surface area contributed by atoms with Gasteiger partial charge in [-0.2, -0.15) is 21.6 Å². The number of benzene rings is 4. The number of halogens is 3. The summed E-state index contributed by atoms with van der Waals surface area (Å²) in [5.74, 6) is 0. The van der Waals surface area contributed by atoms with Crippen molar-refractivity contribution in [3.05, 3.63) is 172 Å². The van der Waals surface area contributed by atoms with Crippen LogP contribution in [0.15, 0.2) is 140 Å². The first-order valence-corrected chi connectivity index (χ1v) is 20.5. The van der Waals surface area contributed by atoms with Gasteiger partial charge in [-0.05, 0) is 87.9 Å². The second kappa shape index (κ2) is 24.5. The van der Waals surface area contributed by atoms with Crippen LogP contribution in [-0.4, -0.2) is 40.4 Å². The van der Waals surface area contributed by atoms with Crippen LogP contribution in [0.3, 0.4) is 0 Å². The Bertz CT molecular complexity index is 1510. The van der Waals surface area contributed by atoms with Crippen LogP contribution in [-0.2, 0) is 36.1 Å². The van der Waals surface area contributed by atoms with Crippen LogP contribution in [0.4, 0.5) is 13.2 Å². The monoisotopic (exact) mass is 839 g/mol. The second-order valence-corrected chi connectivity index (χ2v) is 16.8. The van der Waals surface area contributed by atoms with Gasteiger partial charge in [0.15, 0.2) is 0 Å². The van der Waals surface area contributed by atoms with E-state index in [9.17, 15) is 13.2 Å². The normalized spacial score (nSPS) is 12.4. The van der Waals surface area contributed by atoms with Gasteiger partial charge in [0, 0.05) is 18.9 Å². The summed E-state index contributed by atoms with van der Waals surface area (Å²) >= 11 is 0. The molecule has 0 saturated heterocycles. The molecule has 12 heteroatoms. The molecule has 5 radical (unpaired) electrons. The molecule has 4 aromatic carbocycles. The average Bonchev–Trinajstić information content (AvgIpc) is 3.89. The molecule has 1 aliphatic rings. The van der Waals surface area contributed by atoms with Crippen LogP contribution in [0.1, 0.15) is 19.8 Å². The van der Waals surface area contributed by atoms with Gasteiger partial charge < -0.3 is 4.57 Å². The summed E-state index contributed by atoms with van der Waals surface area (Å²) in [4.78, 5) is 3.94. The van der Waals surface area contributed by atoms with Gasteiger partial charge in [-0.15, -0.1) is 0 Å². The Morgan fingerprint density at radius 2 is 0.961 bits per heavy atom. The van der Waals surface area contributed by atoms with E-state index < -0.39 is 15.6 Å². The molecule has 0 spiro atoms. The molecule has 1 N–H and O–H groups in total. The molecule has 1 fully saturated rings. The summed E-state index contributed by atoms with van der Waals surface area (Å²) in [6.07, 6.45) is 20.6. The zero-order valence-corrected chi connectivity index (χ0v) is 32.5. The van der Waals surface area contributed by atoms with Crippen LogP contribution in [0.25, 0.3) is 0 Å². The van der Waals surface area contributed by atoms with Crippen molar-refractivity contribution < 1.29 is 45.6 Å². The largest absolute Gasteiger partial charge is 2.00 e. The predicted molar refractivity (Wildman–Crippen MR) is 204 cm³/mol. The van der Waals surface area contributed by atoms with Gasteiger partial charge in [0.2, 0.25) is 0 Å². The first-order chi connectivity index (χ1) is 24.1. The number of aryl methyl sites for hydroxylation is 1. The van der Waals surface area contributed by atoms with Gasteiger partial charge in [0.05, 0.1) is 6.33 Å². The number of aromatic nitrogens is 2. The van der Waals surface area contributed by atoms with Gasteiger partial charge in [0.25, 0.3) is 0 Å². The molecule has 51 heavy (non-hydrogen) atoms. The maximum absolute atomic E-state index is 10.7. The second-order valence-electron chi connectivity index (χ2n) is 10.7. The first-order valence-electron chi connectivity index (χ1n) is 16.0. The third-order valence-electron chi connectivity index (χ3n) is 7.00. The maximum Gasteiger partial charge on any atom is 2.00 e. The molecule has 0 unspecified atom stereocenters. The predicted octanol–water partition coefficient (Wildman–Crippen LogP) is 8.35. The number of hydrogen-bond acceptors (Lipinski definition) is 3. The third-order valence-corrected chi connectivity index (χ3v) is 13.0. The van der Waals surface area contributed by atoms with Crippen LogP contribution >= 0.6 is 15.8 Å². The van der Waals surface area contributed by atoms with Crippen molar-refractivity contribution in [3.63, 3.8) is 0 Å². The summed E-state index contributed by atoms with van der Waals surface area (Å²) in [5, 5.41) is 5.89. The standard InChI is InChI=1S/C26H24P2.C7H12N2.C5H5.CHF3O3S.Ru/c1-5-13-23(14-6-1)27(24-15-7-2-8-16-24)21-22-28(25-17-9-3-10-18-25)26-19-11-4-12-20-26;1-2-3-5-9-6-4-8-7-9;1-2-4-5-3-1;2-1(3,4)8(5,6)7;/h1-20H,21-22H2;4,6-7H,2-3,5H2,1H3;1-5H;(H,5,6,7);/q;;;;+2. The summed E-state index contributed by atoms with van der Waals surface area (Å²) in [6, 6.07) is 44.2. The van der Waals surface area contributed by atoms with Gasteiger partial charge in [-0.25, -0.2) is 4.98 Å². The van der Waals surface area contributed by atoms with E-state index in [4.69, 9.17) is 13.0 Å². The van der Waals surface area contributed by atoms with E-state index in [0.717, 1.165) is 6.54 Å². The number of hydrogen-bond donors (Lipinski definition) is 1. The fourth-order valence-corrected chi connectivity index (χ4v) is 9.88. The molecule has 6 rings (SSSR count). The van der Waals surface area contributed by atoms with E-state index in [1.165, 1.54) is 46.4 Å². The van der Waals surface area contributed by atoms with Crippen molar-refractivity contribution in [2.45, 2.75) is 31.8 Å². The van der Waals surface area contributed by atoms with Crippen molar-refractivity contribution in [1.29, 1.82) is 0 Å². The minimum absolute atomic E-state index is 0. The van der Waals surface area contributed by atoms with E-state index in [1.807, 2.05) is 50.8 Å². The van der Waals surface area contributed by atoms with Crippen molar-refractivity contribution in [2.24, 2.45) is 0 Å². The van der Waals surface area contributed by atoms with Crippen LogP contribution < -0.4 is 21.2 Å². The molecule has 5 nitrogen and oxygen atoms in total. The molecule has 5 aromatic rings. The first kappa shape index (κ1) is 44.4. The third kappa shape index (κ3) is 17.1. The Morgan fingerprint density at radius 3 is 1.20 bits per heavy atom. The fourth-order valence-electron chi connectivity index (χ4n) is 4.53. The van der Waals surface area contributed by atoms with E-state index in [1.54, 1.807) is 0 Å². The number of alkyl halides is 3. The number of imidazole rings is 1.